The Labute approximate surface area is 120 Å². The summed E-state index contributed by atoms with van der Waals surface area (Å²) in [6, 6.07) is 0.735. The molecule has 1 aliphatic heterocycles. The van der Waals surface area contributed by atoms with Crippen LogP contribution in [-0.4, -0.2) is 22.5 Å². The second-order valence-corrected chi connectivity index (χ2v) is 7.34. The van der Waals surface area contributed by atoms with Crippen molar-refractivity contribution in [3.05, 3.63) is 11.1 Å². The Hall–Kier alpha value is -0.320. The molecule has 0 amide bonds. The molecule has 1 aliphatic rings. The monoisotopic (exact) mass is 289 g/mol. The molecule has 0 saturated carbocycles. The Morgan fingerprint density at radius 1 is 1.50 bits per heavy atom. The summed E-state index contributed by atoms with van der Waals surface area (Å²) in [5.74, 6) is 0. The quantitative estimate of drug-likeness (QED) is 0.925. The van der Waals surface area contributed by atoms with E-state index in [2.05, 4.69) is 30.7 Å². The fourth-order valence-corrected chi connectivity index (χ4v) is 3.35. The average molecular weight is 290 g/mol. The summed E-state index contributed by atoms with van der Waals surface area (Å²) >= 11 is 1.62. The molecule has 2 N–H and O–H groups in total. The van der Waals surface area contributed by atoms with Crippen LogP contribution in [-0.2, 0) is 6.54 Å². The summed E-state index contributed by atoms with van der Waals surface area (Å²) in [6.45, 7) is 9.23. The van der Waals surface area contributed by atoms with Crippen LogP contribution in [0.1, 0.15) is 44.9 Å². The van der Waals surface area contributed by atoms with E-state index in [4.69, 9.17) is 5.73 Å². The normalized spacial score (nSPS) is 20.9. The third kappa shape index (κ3) is 4.41. The van der Waals surface area contributed by atoms with Crippen LogP contribution in [0.2, 0.25) is 0 Å². The second-order valence-electron chi connectivity index (χ2n) is 6.20. The molecule has 0 aromatic carbocycles. The lowest BCUT2D eigenvalue weighted by atomic mass is 9.87. The number of halogens is 1. The van der Waals surface area contributed by atoms with Crippen molar-refractivity contribution in [2.75, 3.05) is 12.3 Å². The van der Waals surface area contributed by atoms with Gasteiger partial charge in [-0.2, -0.15) is 0 Å². The van der Waals surface area contributed by atoms with Gasteiger partial charge in [0.15, 0.2) is 5.13 Å². The molecule has 1 atom stereocenters. The van der Waals surface area contributed by atoms with Crippen molar-refractivity contribution in [3.8, 4) is 0 Å². The Morgan fingerprint density at radius 2 is 2.22 bits per heavy atom. The highest BCUT2D eigenvalue weighted by molar-refractivity contribution is 7.15. The molecule has 0 spiro atoms. The molecule has 18 heavy (non-hydrogen) atoms. The van der Waals surface area contributed by atoms with Gasteiger partial charge in [0.2, 0.25) is 0 Å². The first-order chi connectivity index (χ1) is 7.94. The van der Waals surface area contributed by atoms with Crippen LogP contribution in [0, 0.1) is 5.41 Å². The van der Waals surface area contributed by atoms with Gasteiger partial charge < -0.3 is 5.73 Å². The first-order valence-electron chi connectivity index (χ1n) is 6.38. The molecule has 1 unspecified atom stereocenters. The summed E-state index contributed by atoms with van der Waals surface area (Å²) in [4.78, 5) is 8.02. The summed E-state index contributed by atoms with van der Waals surface area (Å²) in [5, 5.41) is 0.687. The third-order valence-corrected chi connectivity index (χ3v) is 4.09. The standard InChI is InChI=1S/C13H23N3S.ClH/c1-13(2,3)7-10-5-4-6-16(10)9-11-8-15-12(14)17-11;/h8,10H,4-7,9H2,1-3H3,(H2,14,15);1H. The number of anilines is 1. The highest BCUT2D eigenvalue weighted by atomic mass is 35.5. The molecule has 0 aliphatic carbocycles. The predicted molar refractivity (Wildman–Crippen MR) is 81.3 cm³/mol. The molecule has 5 heteroatoms. The molecule has 104 valence electrons. The van der Waals surface area contributed by atoms with Crippen LogP contribution >= 0.6 is 23.7 Å². The lowest BCUT2D eigenvalue weighted by Crippen LogP contribution is -2.32. The molecule has 2 rings (SSSR count). The van der Waals surface area contributed by atoms with Gasteiger partial charge in [-0.25, -0.2) is 4.98 Å². The number of rotatable bonds is 3. The molecule has 0 radical (unpaired) electrons. The largest absolute Gasteiger partial charge is 0.375 e. The van der Waals surface area contributed by atoms with Crippen molar-refractivity contribution in [2.45, 2.75) is 52.6 Å². The zero-order valence-electron chi connectivity index (χ0n) is 11.5. The van der Waals surface area contributed by atoms with Crippen LogP contribution in [0.15, 0.2) is 6.20 Å². The zero-order valence-corrected chi connectivity index (χ0v) is 13.1. The van der Waals surface area contributed by atoms with Crippen LogP contribution in [0.4, 0.5) is 5.13 Å². The van der Waals surface area contributed by atoms with Gasteiger partial charge >= 0.3 is 0 Å². The Bertz CT molecular complexity index is 373. The number of nitrogens with zero attached hydrogens (tertiary/aromatic N) is 2. The fraction of sp³-hybridized carbons (Fsp3) is 0.769. The van der Waals surface area contributed by atoms with Crippen LogP contribution < -0.4 is 5.73 Å². The van der Waals surface area contributed by atoms with Crippen LogP contribution in [0.5, 0.6) is 0 Å². The van der Waals surface area contributed by atoms with Crippen LogP contribution in [0.25, 0.3) is 0 Å². The van der Waals surface area contributed by atoms with Crippen LogP contribution in [0.3, 0.4) is 0 Å². The molecule has 3 nitrogen and oxygen atoms in total. The maximum absolute atomic E-state index is 5.68. The summed E-state index contributed by atoms with van der Waals surface area (Å²) in [5.41, 5.74) is 6.09. The predicted octanol–water partition coefficient (Wildman–Crippen LogP) is 3.55. The maximum Gasteiger partial charge on any atom is 0.180 e. The van der Waals surface area contributed by atoms with E-state index in [0.717, 1.165) is 12.6 Å². The first kappa shape index (κ1) is 15.7. The molecule has 1 aromatic heterocycles. The number of hydrogen-bond acceptors (Lipinski definition) is 4. The highest BCUT2D eigenvalue weighted by Crippen LogP contribution is 2.31. The number of thiazole rings is 1. The molecule has 0 bridgehead atoms. The summed E-state index contributed by atoms with van der Waals surface area (Å²) in [6.07, 6.45) is 5.87. The number of nitrogen functional groups attached to an aromatic ring is 1. The number of nitrogens with two attached hydrogens (primary N) is 1. The van der Waals surface area contributed by atoms with Crippen molar-refractivity contribution in [1.82, 2.24) is 9.88 Å². The van der Waals surface area contributed by atoms with Gasteiger partial charge in [-0.15, -0.1) is 23.7 Å². The summed E-state index contributed by atoms with van der Waals surface area (Å²) in [7, 11) is 0. The number of aromatic nitrogens is 1. The zero-order chi connectivity index (χ0) is 12.5. The Morgan fingerprint density at radius 3 is 2.78 bits per heavy atom. The van der Waals surface area contributed by atoms with Crippen molar-refractivity contribution in [2.24, 2.45) is 5.41 Å². The average Bonchev–Trinajstić information content (AvgIpc) is 2.75. The highest BCUT2D eigenvalue weighted by Gasteiger charge is 2.28. The van der Waals surface area contributed by atoms with Crippen molar-refractivity contribution < 1.29 is 0 Å². The van der Waals surface area contributed by atoms with E-state index in [0.29, 0.717) is 10.5 Å². The van der Waals surface area contributed by atoms with Gasteiger partial charge in [0.1, 0.15) is 0 Å². The SMILES string of the molecule is CC(C)(C)CC1CCCN1Cc1cnc(N)s1.Cl. The van der Waals surface area contributed by atoms with E-state index in [1.807, 2.05) is 6.20 Å². The van der Waals surface area contributed by atoms with E-state index >= 15 is 0 Å². The van der Waals surface area contributed by atoms with Gasteiger partial charge in [0.05, 0.1) is 0 Å². The lowest BCUT2D eigenvalue weighted by molar-refractivity contribution is 0.186. The van der Waals surface area contributed by atoms with Crippen molar-refractivity contribution >= 4 is 28.9 Å². The number of likely N-dealkylation sites (tertiary alicyclic amines) is 1. The van der Waals surface area contributed by atoms with E-state index in [1.165, 1.54) is 30.7 Å². The Kier molecular flexibility index (Phi) is 5.44. The van der Waals surface area contributed by atoms with Gasteiger partial charge in [-0.1, -0.05) is 20.8 Å². The van der Waals surface area contributed by atoms with Gasteiger partial charge in [-0.3, -0.25) is 4.90 Å². The maximum atomic E-state index is 5.68. The minimum Gasteiger partial charge on any atom is -0.375 e. The smallest absolute Gasteiger partial charge is 0.180 e. The third-order valence-electron chi connectivity index (χ3n) is 3.28. The molecule has 1 saturated heterocycles. The molecule has 2 heterocycles. The second kappa shape index (κ2) is 6.22. The molecular formula is C13H24ClN3S. The van der Waals surface area contributed by atoms with E-state index in [1.54, 1.807) is 11.3 Å². The first-order valence-corrected chi connectivity index (χ1v) is 7.20. The molecular weight excluding hydrogens is 266 g/mol. The minimum absolute atomic E-state index is 0. The van der Waals surface area contributed by atoms with Gasteiger partial charge in [0.25, 0.3) is 0 Å². The fourth-order valence-electron chi connectivity index (χ4n) is 2.64. The molecule has 1 aromatic rings. The van der Waals surface area contributed by atoms with E-state index in [9.17, 15) is 0 Å². The Balaban J connectivity index is 0.00000162. The summed E-state index contributed by atoms with van der Waals surface area (Å²) < 4.78 is 0. The van der Waals surface area contributed by atoms with Crippen molar-refractivity contribution in [1.29, 1.82) is 0 Å². The van der Waals surface area contributed by atoms with Crippen molar-refractivity contribution in [3.63, 3.8) is 0 Å². The lowest BCUT2D eigenvalue weighted by Gasteiger charge is -2.29. The van der Waals surface area contributed by atoms with Gasteiger partial charge in [0, 0.05) is 23.7 Å². The minimum atomic E-state index is 0. The van der Waals surface area contributed by atoms with Gasteiger partial charge in [-0.05, 0) is 31.2 Å². The topological polar surface area (TPSA) is 42.2 Å². The van der Waals surface area contributed by atoms with E-state index < -0.39 is 0 Å². The van der Waals surface area contributed by atoms with E-state index in [-0.39, 0.29) is 12.4 Å². The number of hydrogen-bond donors (Lipinski definition) is 1. The molecule has 1 fully saturated rings.